The number of aromatic nitrogens is 1. The first-order chi connectivity index (χ1) is 13.7. The lowest BCUT2D eigenvalue weighted by Gasteiger charge is -2.13. The third kappa shape index (κ3) is 2.84. The van der Waals surface area contributed by atoms with Crippen molar-refractivity contribution in [1.82, 2.24) is 4.98 Å². The highest BCUT2D eigenvalue weighted by Crippen LogP contribution is 2.38. The SMILES string of the molecule is COc1cc2ccccc2cc1C(=O)Nc1nc2c(s1)CCc1ccccc1-2. The number of aryl methyl sites for hydroxylation is 2. The summed E-state index contributed by atoms with van der Waals surface area (Å²) in [7, 11) is 1.58. The van der Waals surface area contributed by atoms with Crippen LogP contribution in [0.2, 0.25) is 0 Å². The number of thiazole rings is 1. The van der Waals surface area contributed by atoms with Crippen molar-refractivity contribution < 1.29 is 9.53 Å². The van der Waals surface area contributed by atoms with Gasteiger partial charge in [-0.15, -0.1) is 11.3 Å². The summed E-state index contributed by atoms with van der Waals surface area (Å²) >= 11 is 1.56. The minimum atomic E-state index is -0.206. The molecule has 1 amide bonds. The van der Waals surface area contributed by atoms with Gasteiger partial charge < -0.3 is 4.74 Å². The largest absolute Gasteiger partial charge is 0.496 e. The van der Waals surface area contributed by atoms with Gasteiger partial charge in [0.2, 0.25) is 0 Å². The second-order valence-electron chi connectivity index (χ2n) is 6.80. The molecule has 1 N–H and O–H groups in total. The normalized spacial score (nSPS) is 12.3. The summed E-state index contributed by atoms with van der Waals surface area (Å²) in [6, 6.07) is 20.0. The molecule has 1 aromatic heterocycles. The number of nitrogens with one attached hydrogen (secondary N) is 1. The third-order valence-electron chi connectivity index (χ3n) is 5.12. The topological polar surface area (TPSA) is 51.2 Å². The first-order valence-corrected chi connectivity index (χ1v) is 10.0. The van der Waals surface area contributed by atoms with E-state index < -0.39 is 0 Å². The molecule has 1 aliphatic rings. The van der Waals surface area contributed by atoms with Crippen LogP contribution in [0.3, 0.4) is 0 Å². The van der Waals surface area contributed by atoms with Crippen LogP contribution in [0.4, 0.5) is 5.13 Å². The number of amides is 1. The van der Waals surface area contributed by atoms with E-state index in [0.717, 1.165) is 29.3 Å². The molecule has 4 aromatic rings. The van der Waals surface area contributed by atoms with Gasteiger partial charge in [-0.1, -0.05) is 48.5 Å². The monoisotopic (exact) mass is 386 g/mol. The maximum absolute atomic E-state index is 13.0. The molecule has 28 heavy (non-hydrogen) atoms. The number of hydrogen-bond donors (Lipinski definition) is 1. The number of anilines is 1. The fourth-order valence-corrected chi connectivity index (χ4v) is 4.70. The van der Waals surface area contributed by atoms with Gasteiger partial charge in [-0.05, 0) is 41.3 Å². The van der Waals surface area contributed by atoms with Crippen molar-refractivity contribution in [1.29, 1.82) is 0 Å². The predicted molar refractivity (Wildman–Crippen MR) is 113 cm³/mol. The molecule has 5 rings (SSSR count). The summed E-state index contributed by atoms with van der Waals surface area (Å²) < 4.78 is 5.46. The molecule has 0 aliphatic heterocycles. The first kappa shape index (κ1) is 17.0. The van der Waals surface area contributed by atoms with E-state index in [-0.39, 0.29) is 5.91 Å². The minimum absolute atomic E-state index is 0.206. The molecule has 1 heterocycles. The summed E-state index contributed by atoms with van der Waals surface area (Å²) in [5, 5.41) is 5.64. The van der Waals surface area contributed by atoms with Crippen LogP contribution in [0.25, 0.3) is 22.0 Å². The van der Waals surface area contributed by atoms with E-state index in [1.807, 2.05) is 42.5 Å². The molecule has 0 saturated heterocycles. The molecule has 5 heteroatoms. The molecule has 3 aromatic carbocycles. The highest BCUT2D eigenvalue weighted by Gasteiger charge is 2.22. The van der Waals surface area contributed by atoms with Crippen molar-refractivity contribution in [2.45, 2.75) is 12.8 Å². The standard InChI is InChI=1S/C23H18N2O2S/c1-27-19-13-16-8-3-2-7-15(16)12-18(19)22(26)25-23-24-21-17-9-5-4-6-14(17)10-11-20(21)28-23/h2-9,12-13H,10-11H2,1H3,(H,24,25,26). The molecular weight excluding hydrogens is 368 g/mol. The lowest BCUT2D eigenvalue weighted by atomic mass is 9.94. The smallest absolute Gasteiger partial charge is 0.261 e. The Bertz CT molecular complexity index is 1210. The molecule has 0 fully saturated rings. The van der Waals surface area contributed by atoms with Crippen LogP contribution in [0.15, 0.2) is 60.7 Å². The molecule has 0 spiro atoms. The van der Waals surface area contributed by atoms with Gasteiger partial charge in [0.25, 0.3) is 5.91 Å². The van der Waals surface area contributed by atoms with Crippen LogP contribution >= 0.6 is 11.3 Å². The van der Waals surface area contributed by atoms with E-state index in [1.54, 1.807) is 18.4 Å². The van der Waals surface area contributed by atoms with Gasteiger partial charge in [0.1, 0.15) is 5.75 Å². The maximum Gasteiger partial charge on any atom is 0.261 e. The number of carbonyl (C=O) groups excluding carboxylic acids is 1. The highest BCUT2D eigenvalue weighted by molar-refractivity contribution is 7.16. The Morgan fingerprint density at radius 2 is 1.79 bits per heavy atom. The zero-order chi connectivity index (χ0) is 19.1. The Kier molecular flexibility index (Phi) is 4.10. The van der Waals surface area contributed by atoms with E-state index >= 15 is 0 Å². The van der Waals surface area contributed by atoms with E-state index in [2.05, 4.69) is 23.5 Å². The molecule has 1 aliphatic carbocycles. The molecule has 0 atom stereocenters. The highest BCUT2D eigenvalue weighted by atomic mass is 32.1. The zero-order valence-corrected chi connectivity index (χ0v) is 16.2. The van der Waals surface area contributed by atoms with E-state index in [4.69, 9.17) is 9.72 Å². The van der Waals surface area contributed by atoms with Crippen molar-refractivity contribution in [2.75, 3.05) is 12.4 Å². The fraction of sp³-hybridized carbons (Fsp3) is 0.130. The van der Waals surface area contributed by atoms with Crippen LogP contribution in [0, 0.1) is 0 Å². The van der Waals surface area contributed by atoms with Gasteiger partial charge >= 0.3 is 0 Å². The number of hydrogen-bond acceptors (Lipinski definition) is 4. The lowest BCUT2D eigenvalue weighted by molar-refractivity contribution is 0.102. The molecular formula is C23H18N2O2S. The quantitative estimate of drug-likeness (QED) is 0.518. The number of fused-ring (bicyclic) bond motifs is 4. The Morgan fingerprint density at radius 3 is 2.61 bits per heavy atom. The average molecular weight is 386 g/mol. The van der Waals surface area contributed by atoms with Gasteiger partial charge in [0.05, 0.1) is 18.4 Å². The van der Waals surface area contributed by atoms with E-state index in [1.165, 1.54) is 16.0 Å². The van der Waals surface area contributed by atoms with Crippen LogP contribution in [-0.2, 0) is 12.8 Å². The van der Waals surface area contributed by atoms with Gasteiger partial charge in [-0.3, -0.25) is 10.1 Å². The van der Waals surface area contributed by atoms with Crippen molar-refractivity contribution in [3.63, 3.8) is 0 Å². The summed E-state index contributed by atoms with van der Waals surface area (Å²) in [4.78, 5) is 18.9. The lowest BCUT2D eigenvalue weighted by Crippen LogP contribution is -2.13. The Morgan fingerprint density at radius 1 is 1.04 bits per heavy atom. The van der Waals surface area contributed by atoms with Crippen molar-refractivity contribution in [3.8, 4) is 17.0 Å². The van der Waals surface area contributed by atoms with E-state index in [9.17, 15) is 4.79 Å². The van der Waals surface area contributed by atoms with Crippen LogP contribution in [-0.4, -0.2) is 18.0 Å². The molecule has 0 radical (unpaired) electrons. The number of ether oxygens (including phenoxy) is 1. The zero-order valence-electron chi connectivity index (χ0n) is 15.4. The van der Waals surface area contributed by atoms with Gasteiger partial charge in [-0.2, -0.15) is 0 Å². The Hall–Kier alpha value is -3.18. The molecule has 0 saturated carbocycles. The van der Waals surface area contributed by atoms with Crippen LogP contribution in [0.5, 0.6) is 5.75 Å². The Balaban J connectivity index is 1.49. The third-order valence-corrected chi connectivity index (χ3v) is 6.15. The molecule has 0 unspecified atom stereocenters. The number of methoxy groups -OCH3 is 1. The maximum atomic E-state index is 13.0. The molecule has 0 bridgehead atoms. The minimum Gasteiger partial charge on any atom is -0.496 e. The molecule has 4 nitrogen and oxygen atoms in total. The summed E-state index contributed by atoms with van der Waals surface area (Å²) in [6.07, 6.45) is 1.97. The summed E-state index contributed by atoms with van der Waals surface area (Å²) in [5.41, 5.74) is 3.99. The number of nitrogens with zero attached hydrogens (tertiary/aromatic N) is 1. The summed E-state index contributed by atoms with van der Waals surface area (Å²) in [6.45, 7) is 0. The number of rotatable bonds is 3. The van der Waals surface area contributed by atoms with E-state index in [0.29, 0.717) is 16.4 Å². The number of carbonyl (C=O) groups is 1. The first-order valence-electron chi connectivity index (χ1n) is 9.19. The predicted octanol–water partition coefficient (Wildman–Crippen LogP) is 5.32. The summed E-state index contributed by atoms with van der Waals surface area (Å²) in [5.74, 6) is 0.352. The van der Waals surface area contributed by atoms with Crippen molar-refractivity contribution >= 4 is 33.1 Å². The Labute approximate surface area is 166 Å². The second kappa shape index (κ2) is 6.77. The van der Waals surface area contributed by atoms with Gasteiger partial charge in [0, 0.05) is 10.4 Å². The number of benzene rings is 3. The fourth-order valence-electron chi connectivity index (χ4n) is 3.73. The van der Waals surface area contributed by atoms with Crippen LogP contribution in [0.1, 0.15) is 20.8 Å². The van der Waals surface area contributed by atoms with Crippen molar-refractivity contribution in [3.05, 3.63) is 76.7 Å². The van der Waals surface area contributed by atoms with Gasteiger partial charge in [0.15, 0.2) is 5.13 Å². The second-order valence-corrected chi connectivity index (χ2v) is 7.89. The molecule has 138 valence electrons. The van der Waals surface area contributed by atoms with Crippen LogP contribution < -0.4 is 10.1 Å². The van der Waals surface area contributed by atoms with Crippen molar-refractivity contribution in [2.24, 2.45) is 0 Å². The average Bonchev–Trinajstić information content (AvgIpc) is 3.15. The van der Waals surface area contributed by atoms with Gasteiger partial charge in [-0.25, -0.2) is 4.98 Å².